The molecule has 1 aliphatic heterocycles. The monoisotopic (exact) mass is 469 g/mol. The molecule has 1 saturated heterocycles. The lowest BCUT2D eigenvalue weighted by atomic mass is 10.1. The van der Waals surface area contributed by atoms with Gasteiger partial charge in [-0.15, -0.1) is 0 Å². The number of imidazole rings is 1. The number of pyridine rings is 1. The second-order valence-corrected chi connectivity index (χ2v) is 9.63. The largest absolute Gasteiger partial charge is 0.477 e. The van der Waals surface area contributed by atoms with E-state index in [0.717, 1.165) is 66.6 Å². The molecule has 0 bridgehead atoms. The number of aromatic amines is 1. The minimum Gasteiger partial charge on any atom is -0.477 e. The minimum absolute atomic E-state index is 0.378. The number of nitrogens with one attached hydrogen (secondary N) is 2. The van der Waals surface area contributed by atoms with E-state index in [1.54, 1.807) is 6.33 Å². The standard InChI is InChI=1S/C27H31N7O/c1-18(34-10-8-28-9-11-34)20-6-7-29-22(12-20)14-26-32-23-5-4-21(13-25(23)33-26)24-15-27(31-17-30-24)35-16-19-2-3-19/h4-7,12-13,15,17-19,28H,2-3,8-11,14,16H2,1H3,(H,32,33). The van der Waals surface area contributed by atoms with Gasteiger partial charge in [0.1, 0.15) is 12.2 Å². The summed E-state index contributed by atoms with van der Waals surface area (Å²) in [6.45, 7) is 7.27. The number of fused-ring (bicyclic) bond motifs is 1. The topological polar surface area (TPSA) is 91.9 Å². The summed E-state index contributed by atoms with van der Waals surface area (Å²) in [4.78, 5) is 24.2. The van der Waals surface area contributed by atoms with Crippen LogP contribution in [0.3, 0.4) is 0 Å². The maximum absolute atomic E-state index is 5.83. The van der Waals surface area contributed by atoms with Crippen LogP contribution in [0, 0.1) is 5.92 Å². The predicted molar refractivity (Wildman–Crippen MR) is 135 cm³/mol. The summed E-state index contributed by atoms with van der Waals surface area (Å²) in [7, 11) is 0. The molecule has 0 radical (unpaired) electrons. The van der Waals surface area contributed by atoms with Gasteiger partial charge in [0.05, 0.1) is 23.3 Å². The lowest BCUT2D eigenvalue weighted by Crippen LogP contribution is -2.44. The van der Waals surface area contributed by atoms with Crippen molar-refractivity contribution in [2.45, 2.75) is 32.2 Å². The summed E-state index contributed by atoms with van der Waals surface area (Å²) >= 11 is 0. The van der Waals surface area contributed by atoms with Crippen molar-refractivity contribution in [3.05, 3.63) is 66.0 Å². The average Bonchev–Trinajstić information content (AvgIpc) is 3.65. The molecule has 1 unspecified atom stereocenters. The van der Waals surface area contributed by atoms with Crippen LogP contribution in [0.2, 0.25) is 0 Å². The molecule has 1 saturated carbocycles. The van der Waals surface area contributed by atoms with E-state index in [4.69, 9.17) is 9.72 Å². The van der Waals surface area contributed by atoms with Crippen LogP contribution >= 0.6 is 0 Å². The van der Waals surface area contributed by atoms with E-state index < -0.39 is 0 Å². The highest BCUT2D eigenvalue weighted by molar-refractivity contribution is 5.81. The Balaban J connectivity index is 1.18. The van der Waals surface area contributed by atoms with E-state index in [1.165, 1.54) is 18.4 Å². The van der Waals surface area contributed by atoms with Gasteiger partial charge in [0.25, 0.3) is 0 Å². The third-order valence-corrected chi connectivity index (χ3v) is 7.00. The van der Waals surface area contributed by atoms with Gasteiger partial charge >= 0.3 is 0 Å². The zero-order valence-electron chi connectivity index (χ0n) is 20.1. The van der Waals surface area contributed by atoms with Crippen molar-refractivity contribution >= 4 is 11.0 Å². The minimum atomic E-state index is 0.378. The normalized spacial score (nSPS) is 17.5. The van der Waals surface area contributed by atoms with E-state index >= 15 is 0 Å². The van der Waals surface area contributed by atoms with E-state index in [9.17, 15) is 0 Å². The average molecular weight is 470 g/mol. The highest BCUT2D eigenvalue weighted by atomic mass is 16.5. The predicted octanol–water partition coefficient (Wildman–Crippen LogP) is 3.76. The molecule has 1 atom stereocenters. The molecular formula is C27H31N7O. The molecule has 2 fully saturated rings. The van der Waals surface area contributed by atoms with Crippen LogP contribution in [-0.2, 0) is 6.42 Å². The van der Waals surface area contributed by atoms with Crippen LogP contribution in [0.5, 0.6) is 5.88 Å². The van der Waals surface area contributed by atoms with Gasteiger partial charge < -0.3 is 15.0 Å². The van der Waals surface area contributed by atoms with E-state index in [1.807, 2.05) is 24.4 Å². The van der Waals surface area contributed by atoms with Crippen LogP contribution in [0.25, 0.3) is 22.3 Å². The van der Waals surface area contributed by atoms with Crippen molar-refractivity contribution in [3.8, 4) is 17.1 Å². The second kappa shape index (κ2) is 9.71. The molecule has 6 rings (SSSR count). The molecule has 1 aromatic carbocycles. The lowest BCUT2D eigenvalue weighted by molar-refractivity contribution is 0.185. The molecule has 4 aromatic rings. The number of benzene rings is 1. The van der Waals surface area contributed by atoms with Crippen molar-refractivity contribution in [3.63, 3.8) is 0 Å². The van der Waals surface area contributed by atoms with Gasteiger partial charge in [-0.3, -0.25) is 9.88 Å². The Kier molecular flexibility index (Phi) is 6.14. The molecule has 3 aromatic heterocycles. The Labute approximate surface area is 205 Å². The van der Waals surface area contributed by atoms with Gasteiger partial charge in [-0.25, -0.2) is 15.0 Å². The molecule has 4 heterocycles. The highest BCUT2D eigenvalue weighted by Crippen LogP contribution is 2.30. The van der Waals surface area contributed by atoms with Crippen molar-refractivity contribution < 1.29 is 4.74 Å². The van der Waals surface area contributed by atoms with Gasteiger partial charge in [-0.2, -0.15) is 0 Å². The van der Waals surface area contributed by atoms with Gasteiger partial charge in [-0.1, -0.05) is 6.07 Å². The van der Waals surface area contributed by atoms with Crippen LogP contribution < -0.4 is 10.1 Å². The molecule has 180 valence electrons. The number of nitrogens with zero attached hydrogens (tertiary/aromatic N) is 5. The fourth-order valence-corrected chi connectivity index (χ4v) is 4.67. The van der Waals surface area contributed by atoms with Gasteiger partial charge in [0.15, 0.2) is 0 Å². The SMILES string of the molecule is CC(c1ccnc(Cc2nc3ccc(-c4cc(OCC5CC5)ncn4)cc3[nH]2)c1)N1CCNCC1. The van der Waals surface area contributed by atoms with Gasteiger partial charge in [0.2, 0.25) is 5.88 Å². The summed E-state index contributed by atoms with van der Waals surface area (Å²) in [5, 5.41) is 3.43. The quantitative estimate of drug-likeness (QED) is 0.406. The Morgan fingerprint density at radius 1 is 1.06 bits per heavy atom. The van der Waals surface area contributed by atoms with Crippen molar-refractivity contribution in [1.29, 1.82) is 0 Å². The maximum Gasteiger partial charge on any atom is 0.216 e. The van der Waals surface area contributed by atoms with Gasteiger partial charge in [-0.05, 0) is 55.5 Å². The zero-order valence-corrected chi connectivity index (χ0v) is 20.1. The van der Waals surface area contributed by atoms with Crippen molar-refractivity contribution in [1.82, 2.24) is 35.1 Å². The number of hydrogen-bond acceptors (Lipinski definition) is 7. The highest BCUT2D eigenvalue weighted by Gasteiger charge is 2.22. The molecule has 0 spiro atoms. The van der Waals surface area contributed by atoms with Crippen LogP contribution in [-0.4, -0.2) is 62.6 Å². The number of piperazine rings is 1. The van der Waals surface area contributed by atoms with E-state index in [-0.39, 0.29) is 0 Å². The first-order chi connectivity index (χ1) is 17.2. The Hall–Kier alpha value is -3.36. The van der Waals surface area contributed by atoms with Crippen molar-refractivity contribution in [2.75, 3.05) is 32.8 Å². The number of H-pyrrole nitrogens is 1. The maximum atomic E-state index is 5.83. The molecule has 8 heteroatoms. The molecule has 8 nitrogen and oxygen atoms in total. The molecule has 1 aliphatic carbocycles. The van der Waals surface area contributed by atoms with Crippen molar-refractivity contribution in [2.24, 2.45) is 5.92 Å². The first kappa shape index (κ1) is 22.1. The second-order valence-electron chi connectivity index (χ2n) is 9.63. The fourth-order valence-electron chi connectivity index (χ4n) is 4.67. The summed E-state index contributed by atoms with van der Waals surface area (Å²) in [6, 6.07) is 12.8. The summed E-state index contributed by atoms with van der Waals surface area (Å²) in [5.74, 6) is 2.23. The Bertz CT molecular complexity index is 1310. The van der Waals surface area contributed by atoms with Crippen LogP contribution in [0.1, 0.15) is 42.9 Å². The molecular weight excluding hydrogens is 438 g/mol. The zero-order chi connectivity index (χ0) is 23.6. The van der Waals surface area contributed by atoms with E-state index in [0.29, 0.717) is 24.3 Å². The summed E-state index contributed by atoms with van der Waals surface area (Å²) in [5.41, 5.74) is 6.11. The Morgan fingerprint density at radius 2 is 1.94 bits per heavy atom. The summed E-state index contributed by atoms with van der Waals surface area (Å²) in [6.07, 6.45) is 6.67. The summed E-state index contributed by atoms with van der Waals surface area (Å²) < 4.78 is 5.83. The van der Waals surface area contributed by atoms with E-state index in [2.05, 4.69) is 55.3 Å². The van der Waals surface area contributed by atoms with Gasteiger partial charge in [0, 0.05) is 62.2 Å². The van der Waals surface area contributed by atoms with Crippen LogP contribution in [0.15, 0.2) is 48.9 Å². The molecule has 2 aliphatic rings. The Morgan fingerprint density at radius 3 is 2.80 bits per heavy atom. The number of rotatable bonds is 8. The third-order valence-electron chi connectivity index (χ3n) is 7.00. The first-order valence-corrected chi connectivity index (χ1v) is 12.5. The van der Waals surface area contributed by atoms with Crippen LogP contribution in [0.4, 0.5) is 0 Å². The lowest BCUT2D eigenvalue weighted by Gasteiger charge is -2.33. The smallest absolute Gasteiger partial charge is 0.216 e. The first-order valence-electron chi connectivity index (χ1n) is 12.5. The molecule has 35 heavy (non-hydrogen) atoms. The number of ether oxygens (including phenoxy) is 1. The number of hydrogen-bond donors (Lipinski definition) is 2. The molecule has 0 amide bonds. The fraction of sp³-hybridized carbons (Fsp3) is 0.407. The third kappa shape index (κ3) is 5.18. The number of aromatic nitrogens is 5. The molecule has 2 N–H and O–H groups in total.